The summed E-state index contributed by atoms with van der Waals surface area (Å²) in [6.45, 7) is 2.66. The molecule has 1 fully saturated rings. The molecule has 0 saturated carbocycles. The normalized spacial score (nSPS) is 23.1. The summed E-state index contributed by atoms with van der Waals surface area (Å²) in [7, 11) is 0. The molecule has 1 heterocycles. The van der Waals surface area contributed by atoms with Crippen LogP contribution in [0.5, 0.6) is 0 Å². The van der Waals surface area contributed by atoms with Crippen molar-refractivity contribution in [2.24, 2.45) is 5.92 Å². The lowest BCUT2D eigenvalue weighted by atomic mass is 9.84. The van der Waals surface area contributed by atoms with Crippen molar-refractivity contribution >= 4 is 35.8 Å². The second-order valence-corrected chi connectivity index (χ2v) is 11.7. The number of thioether (sulfide) groups is 1. The molecule has 2 aromatic rings. The van der Waals surface area contributed by atoms with E-state index in [1.165, 1.54) is 18.7 Å². The van der Waals surface area contributed by atoms with E-state index in [0.29, 0.717) is 29.9 Å². The van der Waals surface area contributed by atoms with E-state index < -0.39 is 60.3 Å². The minimum atomic E-state index is -2.20. The standard InChI is InChI=1S/C31H40N2O9S/c1-20(26(37)19-32-29(38)24-12-10-23(11-13-24)22-8-4-3-5-9-22)28-27(33-21(2)35)25(36)18-31(42-28,30(39)40)41-15-7-17-43-16-6-14-34/h3-5,8-14,20,25-28,36-37H,6-7,15-19H2,1-2H3,(H,32,38)(H,33,35)(H,39,40)/t20-,25+,26-,27?,28?,31-/m1/s1. The number of carboxylic acid groups (broad SMARTS) is 1. The van der Waals surface area contributed by atoms with E-state index in [1.807, 2.05) is 42.5 Å². The minimum Gasteiger partial charge on any atom is -0.477 e. The monoisotopic (exact) mass is 616 g/mol. The summed E-state index contributed by atoms with van der Waals surface area (Å²) in [5.41, 5.74) is 2.35. The van der Waals surface area contributed by atoms with E-state index in [-0.39, 0.29) is 13.2 Å². The van der Waals surface area contributed by atoms with Gasteiger partial charge in [-0.1, -0.05) is 49.4 Å². The number of carbonyl (C=O) groups is 4. The van der Waals surface area contributed by atoms with Gasteiger partial charge in [-0.3, -0.25) is 9.59 Å². The average molecular weight is 617 g/mol. The molecule has 0 spiro atoms. The molecule has 1 aliphatic heterocycles. The molecule has 0 aromatic heterocycles. The van der Waals surface area contributed by atoms with Crippen LogP contribution in [-0.2, 0) is 23.9 Å². The molecule has 234 valence electrons. The van der Waals surface area contributed by atoms with Crippen molar-refractivity contribution < 1.29 is 44.0 Å². The van der Waals surface area contributed by atoms with Crippen molar-refractivity contribution in [1.29, 1.82) is 0 Å². The van der Waals surface area contributed by atoms with Crippen LogP contribution in [0.1, 0.15) is 43.5 Å². The molecule has 2 aromatic carbocycles. The molecule has 2 unspecified atom stereocenters. The Morgan fingerprint density at radius 3 is 2.42 bits per heavy atom. The highest BCUT2D eigenvalue weighted by Crippen LogP contribution is 2.35. The first-order valence-electron chi connectivity index (χ1n) is 14.2. The fraction of sp³-hybridized carbons (Fsp3) is 0.484. The maximum Gasteiger partial charge on any atom is 0.364 e. The van der Waals surface area contributed by atoms with Crippen molar-refractivity contribution in [3.63, 3.8) is 0 Å². The topological polar surface area (TPSA) is 171 Å². The molecule has 0 radical (unpaired) electrons. The first-order chi connectivity index (χ1) is 20.6. The lowest BCUT2D eigenvalue weighted by molar-refractivity contribution is -0.304. The van der Waals surface area contributed by atoms with Crippen LogP contribution in [0.25, 0.3) is 11.1 Å². The summed E-state index contributed by atoms with van der Waals surface area (Å²) in [4.78, 5) is 47.6. The van der Waals surface area contributed by atoms with E-state index in [9.17, 15) is 34.5 Å². The molecular weight excluding hydrogens is 576 g/mol. The summed E-state index contributed by atoms with van der Waals surface area (Å²) in [5.74, 6) is -4.09. The lowest BCUT2D eigenvalue weighted by Gasteiger charge is -2.47. The number of aliphatic hydroxyl groups is 2. The molecule has 0 aliphatic carbocycles. The van der Waals surface area contributed by atoms with Gasteiger partial charge in [-0.2, -0.15) is 11.8 Å². The molecule has 5 N–H and O–H groups in total. The number of carbonyl (C=O) groups excluding carboxylic acids is 3. The molecule has 6 atom stereocenters. The minimum absolute atomic E-state index is 0.0146. The van der Waals surface area contributed by atoms with E-state index in [1.54, 1.807) is 19.1 Å². The van der Waals surface area contributed by atoms with Gasteiger partial charge in [0, 0.05) is 37.8 Å². The highest BCUT2D eigenvalue weighted by molar-refractivity contribution is 7.99. The molecule has 1 aliphatic rings. The van der Waals surface area contributed by atoms with Crippen LogP contribution in [0, 0.1) is 5.92 Å². The van der Waals surface area contributed by atoms with Crippen molar-refractivity contribution in [3.05, 3.63) is 60.2 Å². The first kappa shape index (κ1) is 34.2. The fourth-order valence-corrected chi connectivity index (χ4v) is 5.67. The number of aliphatic hydroxyl groups excluding tert-OH is 2. The SMILES string of the molecule is CC(=O)NC1C([C@H](C)[C@H](O)CNC(=O)c2ccc(-c3ccccc3)cc2)O[C@@](OCCCSCCC=O)(C(=O)O)C[C@@H]1O. The molecule has 0 bridgehead atoms. The Bertz CT molecular complexity index is 1210. The summed E-state index contributed by atoms with van der Waals surface area (Å²) in [5, 5.41) is 37.3. The number of rotatable bonds is 16. The van der Waals surface area contributed by atoms with Gasteiger partial charge < -0.3 is 40.2 Å². The number of aldehydes is 1. The Morgan fingerprint density at radius 1 is 1.12 bits per heavy atom. The molecule has 43 heavy (non-hydrogen) atoms. The lowest BCUT2D eigenvalue weighted by Crippen LogP contribution is -2.66. The Hall–Kier alpha value is -3.29. The van der Waals surface area contributed by atoms with Gasteiger partial charge in [0.05, 0.1) is 31.0 Å². The van der Waals surface area contributed by atoms with Crippen molar-refractivity contribution in [2.45, 2.75) is 63.3 Å². The number of hydrogen-bond acceptors (Lipinski definition) is 9. The number of benzene rings is 2. The summed E-state index contributed by atoms with van der Waals surface area (Å²) >= 11 is 1.53. The third-order valence-electron chi connectivity index (χ3n) is 7.27. The Morgan fingerprint density at radius 2 is 1.79 bits per heavy atom. The van der Waals surface area contributed by atoms with Crippen LogP contribution in [-0.4, -0.2) is 94.2 Å². The van der Waals surface area contributed by atoms with E-state index >= 15 is 0 Å². The Balaban J connectivity index is 1.66. The largest absolute Gasteiger partial charge is 0.477 e. The predicted octanol–water partition coefficient (Wildman–Crippen LogP) is 2.24. The van der Waals surface area contributed by atoms with Gasteiger partial charge >= 0.3 is 5.97 Å². The Labute approximate surface area is 255 Å². The third kappa shape index (κ3) is 9.60. The maximum absolute atomic E-state index is 12.8. The number of hydrogen-bond donors (Lipinski definition) is 5. The summed E-state index contributed by atoms with van der Waals surface area (Å²) < 4.78 is 11.7. The van der Waals surface area contributed by atoms with Crippen LogP contribution in [0.4, 0.5) is 0 Å². The Kier molecular flexibility index (Phi) is 13.1. The van der Waals surface area contributed by atoms with Crippen molar-refractivity contribution in [1.82, 2.24) is 10.6 Å². The highest BCUT2D eigenvalue weighted by Gasteiger charge is 2.55. The summed E-state index contributed by atoms with van der Waals surface area (Å²) in [6.07, 6.45) is -2.45. The van der Waals surface area contributed by atoms with Crippen LogP contribution < -0.4 is 10.6 Å². The van der Waals surface area contributed by atoms with Crippen LogP contribution in [0.2, 0.25) is 0 Å². The summed E-state index contributed by atoms with van der Waals surface area (Å²) in [6, 6.07) is 15.7. The van der Waals surface area contributed by atoms with Crippen molar-refractivity contribution in [2.75, 3.05) is 24.7 Å². The van der Waals surface area contributed by atoms with Gasteiger partial charge in [-0.05, 0) is 41.2 Å². The van der Waals surface area contributed by atoms with Gasteiger partial charge in [-0.25, -0.2) is 4.79 Å². The van der Waals surface area contributed by atoms with E-state index in [2.05, 4.69) is 10.6 Å². The van der Waals surface area contributed by atoms with E-state index in [4.69, 9.17) is 9.47 Å². The van der Waals surface area contributed by atoms with E-state index in [0.717, 1.165) is 17.4 Å². The quantitative estimate of drug-likeness (QED) is 0.139. The predicted molar refractivity (Wildman–Crippen MR) is 161 cm³/mol. The van der Waals surface area contributed by atoms with Gasteiger partial charge in [0.2, 0.25) is 5.91 Å². The number of aliphatic carboxylic acids is 1. The van der Waals surface area contributed by atoms with Gasteiger partial charge in [0.15, 0.2) is 0 Å². The zero-order chi connectivity index (χ0) is 31.4. The molecule has 3 rings (SSSR count). The highest BCUT2D eigenvalue weighted by atomic mass is 32.2. The number of ether oxygens (including phenoxy) is 2. The smallest absolute Gasteiger partial charge is 0.364 e. The molecule has 12 heteroatoms. The van der Waals surface area contributed by atoms with Crippen LogP contribution >= 0.6 is 11.8 Å². The molecular formula is C31H40N2O9S. The molecule has 11 nitrogen and oxygen atoms in total. The average Bonchev–Trinajstić information content (AvgIpc) is 3.00. The first-order valence-corrected chi connectivity index (χ1v) is 15.4. The van der Waals surface area contributed by atoms with Gasteiger partial charge in [0.1, 0.15) is 6.29 Å². The van der Waals surface area contributed by atoms with Crippen LogP contribution in [0.3, 0.4) is 0 Å². The number of amides is 2. The van der Waals surface area contributed by atoms with Crippen LogP contribution in [0.15, 0.2) is 54.6 Å². The second kappa shape index (κ2) is 16.5. The maximum atomic E-state index is 12.8. The number of carboxylic acids is 1. The fourth-order valence-electron chi connectivity index (χ4n) is 4.88. The number of nitrogens with one attached hydrogen (secondary N) is 2. The van der Waals surface area contributed by atoms with Gasteiger partial charge in [-0.15, -0.1) is 0 Å². The van der Waals surface area contributed by atoms with Crippen molar-refractivity contribution in [3.8, 4) is 11.1 Å². The zero-order valence-electron chi connectivity index (χ0n) is 24.3. The third-order valence-corrected chi connectivity index (χ3v) is 8.37. The molecule has 2 amide bonds. The van der Waals surface area contributed by atoms with Gasteiger partial charge in [0.25, 0.3) is 11.7 Å². The molecule has 1 saturated heterocycles. The zero-order valence-corrected chi connectivity index (χ0v) is 25.1. The second-order valence-electron chi connectivity index (χ2n) is 10.5.